The molecular weight excluding hydrogens is 266 g/mol. The Labute approximate surface area is 125 Å². The van der Waals surface area contributed by atoms with E-state index >= 15 is 0 Å². The van der Waals surface area contributed by atoms with Crippen LogP contribution in [0.15, 0.2) is 30.3 Å². The molecule has 0 spiro atoms. The van der Waals surface area contributed by atoms with Gasteiger partial charge in [0.05, 0.1) is 0 Å². The summed E-state index contributed by atoms with van der Waals surface area (Å²) in [5.41, 5.74) is 0.649. The van der Waals surface area contributed by atoms with E-state index in [1.807, 2.05) is 18.2 Å². The van der Waals surface area contributed by atoms with Crippen LogP contribution >= 0.6 is 0 Å². The number of benzene rings is 1. The molecule has 2 rings (SSSR count). The van der Waals surface area contributed by atoms with Crippen LogP contribution < -0.4 is 5.32 Å². The zero-order chi connectivity index (χ0) is 15.1. The fourth-order valence-corrected chi connectivity index (χ4v) is 2.89. The molecule has 0 radical (unpaired) electrons. The fraction of sp³-hybridized carbons (Fsp3) is 0.529. The van der Waals surface area contributed by atoms with Crippen molar-refractivity contribution in [3.8, 4) is 0 Å². The predicted molar refractivity (Wildman–Crippen MR) is 81.0 cm³/mol. The summed E-state index contributed by atoms with van der Waals surface area (Å²) in [4.78, 5) is 23.9. The highest BCUT2D eigenvalue weighted by molar-refractivity contribution is 5.97. The summed E-state index contributed by atoms with van der Waals surface area (Å²) in [6, 6.07) is 9.10. The van der Waals surface area contributed by atoms with Gasteiger partial charge in [0.25, 0.3) is 0 Å². The molecule has 1 fully saturated rings. The highest BCUT2D eigenvalue weighted by atomic mass is 16.3. The molecule has 1 aromatic carbocycles. The van der Waals surface area contributed by atoms with Crippen LogP contribution in [0.1, 0.15) is 48.9 Å². The van der Waals surface area contributed by atoms with E-state index in [-0.39, 0.29) is 43.1 Å². The lowest BCUT2D eigenvalue weighted by atomic mass is 9.85. The van der Waals surface area contributed by atoms with Crippen LogP contribution in [0.3, 0.4) is 0 Å². The fourth-order valence-electron chi connectivity index (χ4n) is 2.89. The maximum Gasteiger partial charge on any atom is 0.220 e. The van der Waals surface area contributed by atoms with Gasteiger partial charge in [-0.25, -0.2) is 0 Å². The van der Waals surface area contributed by atoms with Crippen LogP contribution in [0.5, 0.6) is 0 Å². The number of hydrogen-bond acceptors (Lipinski definition) is 3. The van der Waals surface area contributed by atoms with Gasteiger partial charge in [-0.15, -0.1) is 0 Å². The minimum atomic E-state index is -0.0929. The largest absolute Gasteiger partial charge is 0.396 e. The van der Waals surface area contributed by atoms with E-state index in [1.165, 1.54) is 0 Å². The molecule has 21 heavy (non-hydrogen) atoms. The Morgan fingerprint density at radius 1 is 1.10 bits per heavy atom. The number of ketones is 1. The lowest BCUT2D eigenvalue weighted by Crippen LogP contribution is -2.43. The summed E-state index contributed by atoms with van der Waals surface area (Å²) in [5, 5.41) is 12.3. The number of aliphatic hydroxyl groups is 1. The molecule has 4 nitrogen and oxygen atoms in total. The van der Waals surface area contributed by atoms with Crippen LogP contribution in [-0.2, 0) is 4.79 Å². The average molecular weight is 289 g/mol. The summed E-state index contributed by atoms with van der Waals surface area (Å²) in [5.74, 6) is 0.0604. The molecule has 0 aliphatic heterocycles. The van der Waals surface area contributed by atoms with E-state index in [2.05, 4.69) is 5.32 Å². The zero-order valence-electron chi connectivity index (χ0n) is 12.3. The third kappa shape index (κ3) is 4.67. The minimum absolute atomic E-state index is 0.00639. The molecule has 1 aromatic rings. The number of hydrogen-bond donors (Lipinski definition) is 2. The first kappa shape index (κ1) is 15.7. The number of nitrogens with one attached hydrogen (secondary N) is 1. The van der Waals surface area contributed by atoms with Crippen molar-refractivity contribution in [1.29, 1.82) is 0 Å². The number of amides is 1. The molecule has 2 N–H and O–H groups in total. The van der Waals surface area contributed by atoms with Crippen molar-refractivity contribution < 1.29 is 14.7 Å². The Bertz CT molecular complexity index is 472. The highest BCUT2D eigenvalue weighted by Crippen LogP contribution is 2.24. The van der Waals surface area contributed by atoms with Crippen molar-refractivity contribution >= 4 is 11.7 Å². The Kier molecular flexibility index (Phi) is 5.93. The quantitative estimate of drug-likeness (QED) is 0.790. The van der Waals surface area contributed by atoms with Crippen LogP contribution in [0.2, 0.25) is 0 Å². The van der Waals surface area contributed by atoms with Crippen molar-refractivity contribution in [1.82, 2.24) is 5.32 Å². The molecule has 2 atom stereocenters. The monoisotopic (exact) mass is 289 g/mol. The van der Waals surface area contributed by atoms with Gasteiger partial charge in [0, 0.05) is 37.0 Å². The van der Waals surface area contributed by atoms with E-state index in [0.717, 1.165) is 25.7 Å². The summed E-state index contributed by atoms with van der Waals surface area (Å²) in [6.07, 6.45) is 4.53. The highest BCUT2D eigenvalue weighted by Gasteiger charge is 2.25. The first-order valence-corrected chi connectivity index (χ1v) is 7.69. The third-order valence-corrected chi connectivity index (χ3v) is 4.16. The smallest absolute Gasteiger partial charge is 0.220 e. The van der Waals surface area contributed by atoms with Gasteiger partial charge in [0.15, 0.2) is 5.78 Å². The lowest BCUT2D eigenvalue weighted by Gasteiger charge is -2.30. The molecule has 1 aliphatic rings. The molecular formula is C17H23NO3. The first-order valence-electron chi connectivity index (χ1n) is 7.69. The Morgan fingerprint density at radius 2 is 1.81 bits per heavy atom. The predicted octanol–water partition coefficient (Wildman–Crippen LogP) is 2.32. The molecule has 0 bridgehead atoms. The number of carbonyl (C=O) groups excluding carboxylic acids is 2. The van der Waals surface area contributed by atoms with Crippen molar-refractivity contribution in [3.05, 3.63) is 35.9 Å². The van der Waals surface area contributed by atoms with Crippen molar-refractivity contribution in [2.45, 2.75) is 44.6 Å². The van der Waals surface area contributed by atoms with Crippen molar-refractivity contribution in [2.24, 2.45) is 5.92 Å². The molecule has 0 aromatic heterocycles. The van der Waals surface area contributed by atoms with E-state index < -0.39 is 0 Å². The van der Waals surface area contributed by atoms with Gasteiger partial charge in [-0.05, 0) is 12.8 Å². The minimum Gasteiger partial charge on any atom is -0.396 e. The van der Waals surface area contributed by atoms with Crippen LogP contribution in [0.25, 0.3) is 0 Å². The Hall–Kier alpha value is -1.68. The third-order valence-electron chi connectivity index (χ3n) is 4.16. The summed E-state index contributed by atoms with van der Waals surface area (Å²) < 4.78 is 0. The summed E-state index contributed by atoms with van der Waals surface area (Å²) in [7, 11) is 0. The van der Waals surface area contributed by atoms with E-state index in [0.29, 0.717) is 5.56 Å². The van der Waals surface area contributed by atoms with Gasteiger partial charge in [-0.2, -0.15) is 0 Å². The Morgan fingerprint density at radius 3 is 2.52 bits per heavy atom. The molecule has 1 saturated carbocycles. The SMILES string of the molecule is O=C(CCC(=O)c1ccccc1)NC1CCCCC1CO. The first-order chi connectivity index (χ1) is 10.2. The Balaban J connectivity index is 1.78. The van der Waals surface area contributed by atoms with Crippen LogP contribution in [-0.4, -0.2) is 29.4 Å². The number of Topliss-reactive ketones (excluding diaryl/α,β-unsaturated/α-hetero) is 1. The van der Waals surface area contributed by atoms with Gasteiger partial charge < -0.3 is 10.4 Å². The maximum atomic E-state index is 12.0. The van der Waals surface area contributed by atoms with Gasteiger partial charge in [0.2, 0.25) is 5.91 Å². The molecule has 1 amide bonds. The molecule has 4 heteroatoms. The summed E-state index contributed by atoms with van der Waals surface area (Å²) in [6.45, 7) is 0.119. The van der Waals surface area contributed by atoms with Crippen molar-refractivity contribution in [2.75, 3.05) is 6.61 Å². The second-order valence-electron chi connectivity index (χ2n) is 5.69. The van der Waals surface area contributed by atoms with Gasteiger partial charge in [-0.3, -0.25) is 9.59 Å². The molecule has 1 aliphatic carbocycles. The van der Waals surface area contributed by atoms with Crippen LogP contribution in [0.4, 0.5) is 0 Å². The number of rotatable bonds is 6. The standard InChI is InChI=1S/C17H23NO3/c19-12-14-8-4-5-9-15(14)18-17(21)11-10-16(20)13-6-2-1-3-7-13/h1-3,6-7,14-15,19H,4-5,8-12H2,(H,18,21). The second kappa shape index (κ2) is 7.93. The van der Waals surface area contributed by atoms with Crippen LogP contribution in [0, 0.1) is 5.92 Å². The van der Waals surface area contributed by atoms with E-state index in [4.69, 9.17) is 0 Å². The normalized spacial score (nSPS) is 21.8. The lowest BCUT2D eigenvalue weighted by molar-refractivity contribution is -0.122. The molecule has 0 heterocycles. The topological polar surface area (TPSA) is 66.4 Å². The second-order valence-corrected chi connectivity index (χ2v) is 5.69. The van der Waals surface area contributed by atoms with Gasteiger partial charge >= 0.3 is 0 Å². The maximum absolute atomic E-state index is 12.0. The average Bonchev–Trinajstić information content (AvgIpc) is 2.54. The number of aliphatic hydroxyl groups excluding tert-OH is 1. The van der Waals surface area contributed by atoms with Gasteiger partial charge in [-0.1, -0.05) is 43.2 Å². The zero-order valence-corrected chi connectivity index (χ0v) is 12.3. The molecule has 114 valence electrons. The molecule has 0 saturated heterocycles. The van der Waals surface area contributed by atoms with E-state index in [1.54, 1.807) is 12.1 Å². The molecule has 2 unspecified atom stereocenters. The summed E-state index contributed by atoms with van der Waals surface area (Å²) >= 11 is 0. The van der Waals surface area contributed by atoms with Gasteiger partial charge in [0.1, 0.15) is 0 Å². The van der Waals surface area contributed by atoms with E-state index in [9.17, 15) is 14.7 Å². The van der Waals surface area contributed by atoms with Crippen molar-refractivity contribution in [3.63, 3.8) is 0 Å². The number of carbonyl (C=O) groups is 2.